The van der Waals surface area contributed by atoms with Crippen LogP contribution in [-0.2, 0) is 6.54 Å². The van der Waals surface area contributed by atoms with Crippen LogP contribution in [0.4, 0.5) is 17.3 Å². The molecule has 0 aromatic carbocycles. The Hall–Kier alpha value is -1.60. The van der Waals surface area contributed by atoms with Gasteiger partial charge in [-0.2, -0.15) is 0 Å². The van der Waals surface area contributed by atoms with Crippen LogP contribution in [-0.4, -0.2) is 17.0 Å². The number of rotatable bonds is 1. The smallest absolute Gasteiger partial charge is 0.418 e. The molecule has 0 amide bonds. The van der Waals surface area contributed by atoms with Gasteiger partial charge >= 0.3 is 12.9 Å². The van der Waals surface area contributed by atoms with Crippen LogP contribution in [0.1, 0.15) is 6.92 Å². The third kappa shape index (κ3) is 4.29. The van der Waals surface area contributed by atoms with E-state index in [0.29, 0.717) is 0 Å². The van der Waals surface area contributed by atoms with Gasteiger partial charge in [-0.15, -0.1) is 4.68 Å². The molecule has 16 heavy (non-hydrogen) atoms. The number of pyridine rings is 1. The summed E-state index contributed by atoms with van der Waals surface area (Å²) < 4.78 is 42.9. The topological polar surface area (TPSA) is 21.9 Å². The minimum absolute atomic E-state index is 0.918. The molecule has 2 aromatic heterocycles. The third-order valence-electron chi connectivity index (χ3n) is 1.68. The zero-order chi connectivity index (χ0) is 12.2. The van der Waals surface area contributed by atoms with Crippen molar-refractivity contribution in [1.82, 2.24) is 9.78 Å². The summed E-state index contributed by atoms with van der Waals surface area (Å²) in [4.78, 5) is 0. The van der Waals surface area contributed by atoms with Gasteiger partial charge in [-0.05, 0) is 13.0 Å². The van der Waals surface area contributed by atoms with Gasteiger partial charge in [-0.25, -0.2) is 4.40 Å². The standard InChI is InChI=1S/C8H10N3.BF4/c1-2-11-7-10-6-4-3-5-8(10)9-11;2-1(3,4)5/h3-7H,2H2,1H3;/q+1;-1. The fourth-order valence-electron chi connectivity index (χ4n) is 1.08. The van der Waals surface area contributed by atoms with Gasteiger partial charge in [0.05, 0.1) is 6.20 Å². The Kier molecular flexibility index (Phi) is 3.86. The summed E-state index contributed by atoms with van der Waals surface area (Å²) >= 11 is 0. The highest BCUT2D eigenvalue weighted by molar-refractivity contribution is 6.50. The number of halogens is 4. The second-order valence-corrected chi connectivity index (χ2v) is 2.93. The van der Waals surface area contributed by atoms with E-state index in [1.807, 2.05) is 39.8 Å². The van der Waals surface area contributed by atoms with Crippen LogP contribution in [0.15, 0.2) is 30.7 Å². The molecule has 0 radical (unpaired) electrons. The quantitative estimate of drug-likeness (QED) is 0.420. The normalized spacial score (nSPS) is 11.1. The number of hydrogen-bond acceptors (Lipinski definition) is 1. The van der Waals surface area contributed by atoms with Gasteiger partial charge in [0.2, 0.25) is 6.33 Å². The zero-order valence-corrected chi connectivity index (χ0v) is 8.52. The van der Waals surface area contributed by atoms with Crippen LogP contribution in [0, 0.1) is 0 Å². The van der Waals surface area contributed by atoms with Gasteiger partial charge in [0.25, 0.3) is 0 Å². The Morgan fingerprint density at radius 2 is 1.94 bits per heavy atom. The molecule has 0 bridgehead atoms. The lowest BCUT2D eigenvalue weighted by Crippen LogP contribution is -2.16. The van der Waals surface area contributed by atoms with Crippen LogP contribution in [0.5, 0.6) is 0 Å². The van der Waals surface area contributed by atoms with Gasteiger partial charge < -0.3 is 17.3 Å². The minimum Gasteiger partial charge on any atom is -0.418 e. The summed E-state index contributed by atoms with van der Waals surface area (Å²) in [6.07, 6.45) is 3.98. The molecule has 0 saturated heterocycles. The van der Waals surface area contributed by atoms with Crippen LogP contribution < -0.4 is 4.40 Å². The predicted octanol–water partition coefficient (Wildman–Crippen LogP) is 1.94. The van der Waals surface area contributed by atoms with Crippen molar-refractivity contribution < 1.29 is 21.7 Å². The molecule has 0 atom stereocenters. The summed E-state index contributed by atoms with van der Waals surface area (Å²) in [5, 5.41) is 4.31. The summed E-state index contributed by atoms with van der Waals surface area (Å²) in [6, 6.07) is 5.98. The highest BCUT2D eigenvalue weighted by Crippen LogP contribution is 2.06. The highest BCUT2D eigenvalue weighted by atomic mass is 19.5. The van der Waals surface area contributed by atoms with E-state index in [1.165, 1.54) is 0 Å². The Labute approximate surface area is 89.4 Å². The molecular weight excluding hydrogens is 225 g/mol. The fourth-order valence-corrected chi connectivity index (χ4v) is 1.08. The van der Waals surface area contributed by atoms with E-state index in [9.17, 15) is 17.3 Å². The average molecular weight is 235 g/mol. The number of fused-ring (bicyclic) bond motifs is 1. The van der Waals surface area contributed by atoms with E-state index in [4.69, 9.17) is 0 Å². The average Bonchev–Trinajstić information content (AvgIpc) is 2.57. The first kappa shape index (κ1) is 12.5. The number of hydrogen-bond donors (Lipinski definition) is 0. The Morgan fingerprint density at radius 1 is 1.31 bits per heavy atom. The Balaban J connectivity index is 0.000000221. The van der Waals surface area contributed by atoms with Gasteiger partial charge in [0, 0.05) is 11.2 Å². The van der Waals surface area contributed by atoms with Crippen molar-refractivity contribution in [1.29, 1.82) is 0 Å². The largest absolute Gasteiger partial charge is 0.673 e. The first-order valence-electron chi connectivity index (χ1n) is 4.61. The van der Waals surface area contributed by atoms with Crippen LogP contribution in [0.2, 0.25) is 0 Å². The predicted molar refractivity (Wildman–Crippen MR) is 51.2 cm³/mol. The summed E-state index contributed by atoms with van der Waals surface area (Å²) in [5.74, 6) is 0. The second-order valence-electron chi connectivity index (χ2n) is 2.93. The van der Waals surface area contributed by atoms with Crippen molar-refractivity contribution in [3.8, 4) is 0 Å². The molecule has 0 unspecified atom stereocenters. The Morgan fingerprint density at radius 3 is 2.44 bits per heavy atom. The molecule has 88 valence electrons. The van der Waals surface area contributed by atoms with Gasteiger partial charge in [-0.3, -0.25) is 0 Å². The lowest BCUT2D eigenvalue weighted by Gasteiger charge is -1.94. The van der Waals surface area contributed by atoms with Crippen LogP contribution in [0.3, 0.4) is 0 Å². The molecule has 0 fully saturated rings. The molecular formula is C8H10BF4N3. The third-order valence-corrected chi connectivity index (χ3v) is 1.68. The van der Waals surface area contributed by atoms with E-state index in [2.05, 4.69) is 12.0 Å². The minimum atomic E-state index is -6.00. The van der Waals surface area contributed by atoms with Gasteiger partial charge in [0.1, 0.15) is 6.54 Å². The van der Waals surface area contributed by atoms with E-state index in [0.717, 1.165) is 12.2 Å². The van der Waals surface area contributed by atoms with Crippen LogP contribution in [0.25, 0.3) is 5.65 Å². The number of aromatic nitrogens is 3. The molecule has 2 aromatic rings. The summed E-state index contributed by atoms with van der Waals surface area (Å²) in [7, 11) is -6.00. The van der Waals surface area contributed by atoms with Crippen molar-refractivity contribution in [3.63, 3.8) is 0 Å². The maximum Gasteiger partial charge on any atom is 0.673 e. The van der Waals surface area contributed by atoms with Crippen molar-refractivity contribution in [2.24, 2.45) is 0 Å². The van der Waals surface area contributed by atoms with Gasteiger partial charge in [-0.1, -0.05) is 6.07 Å². The van der Waals surface area contributed by atoms with E-state index in [-0.39, 0.29) is 0 Å². The number of nitrogens with zero attached hydrogens (tertiary/aromatic N) is 3. The molecule has 0 spiro atoms. The highest BCUT2D eigenvalue weighted by Gasteiger charge is 2.20. The van der Waals surface area contributed by atoms with Crippen molar-refractivity contribution in [2.45, 2.75) is 13.5 Å². The fraction of sp³-hybridized carbons (Fsp3) is 0.250. The molecule has 2 rings (SSSR count). The maximum atomic E-state index is 9.75. The lowest BCUT2D eigenvalue weighted by molar-refractivity contribution is -0.513. The first-order valence-corrected chi connectivity index (χ1v) is 4.61. The molecule has 2 heterocycles. The monoisotopic (exact) mass is 235 g/mol. The lowest BCUT2D eigenvalue weighted by atomic mass is 10.3. The van der Waals surface area contributed by atoms with Crippen molar-refractivity contribution in [2.75, 3.05) is 0 Å². The summed E-state index contributed by atoms with van der Waals surface area (Å²) in [6.45, 7) is 2.99. The Bertz CT molecular complexity index is 415. The van der Waals surface area contributed by atoms with E-state index >= 15 is 0 Å². The molecule has 0 N–H and O–H groups in total. The molecule has 0 aliphatic rings. The van der Waals surface area contributed by atoms with Crippen LogP contribution >= 0.6 is 0 Å². The van der Waals surface area contributed by atoms with E-state index in [1.54, 1.807) is 0 Å². The maximum absolute atomic E-state index is 9.75. The van der Waals surface area contributed by atoms with Crippen molar-refractivity contribution in [3.05, 3.63) is 30.7 Å². The second kappa shape index (κ2) is 4.95. The molecule has 0 aliphatic carbocycles. The first-order chi connectivity index (χ1) is 7.40. The zero-order valence-electron chi connectivity index (χ0n) is 8.52. The molecule has 3 nitrogen and oxygen atoms in total. The molecule has 8 heteroatoms. The molecule has 0 saturated carbocycles. The SMILES string of the molecule is CCn1c[n+]2ccccc2n1.F[B-](F)(F)F. The van der Waals surface area contributed by atoms with E-state index < -0.39 is 7.25 Å². The van der Waals surface area contributed by atoms with Crippen molar-refractivity contribution >= 4 is 12.9 Å². The number of aryl methyl sites for hydroxylation is 1. The summed E-state index contributed by atoms with van der Waals surface area (Å²) in [5.41, 5.74) is 0.995. The molecule has 0 aliphatic heterocycles. The van der Waals surface area contributed by atoms with Gasteiger partial charge in [0.15, 0.2) is 0 Å².